The first-order valence-corrected chi connectivity index (χ1v) is 6.81. The van der Waals surface area contributed by atoms with Gasteiger partial charge < -0.3 is 14.8 Å². The minimum atomic E-state index is -0.682. The van der Waals surface area contributed by atoms with Crippen LogP contribution in [0.1, 0.15) is 5.56 Å². The maximum atomic E-state index is 11.5. The van der Waals surface area contributed by atoms with Crippen LogP contribution < -0.4 is 5.32 Å². The van der Waals surface area contributed by atoms with Gasteiger partial charge in [-0.25, -0.2) is 9.59 Å². The number of methoxy groups -OCH3 is 1. The van der Waals surface area contributed by atoms with Crippen LogP contribution in [0.5, 0.6) is 0 Å². The van der Waals surface area contributed by atoms with Gasteiger partial charge in [-0.3, -0.25) is 0 Å². The van der Waals surface area contributed by atoms with Crippen LogP contribution >= 0.6 is 22.6 Å². The second kappa shape index (κ2) is 7.91. The van der Waals surface area contributed by atoms with E-state index >= 15 is 0 Å². The molecule has 1 atom stereocenters. The van der Waals surface area contributed by atoms with Crippen LogP contribution in [-0.2, 0) is 20.9 Å². The van der Waals surface area contributed by atoms with E-state index in [1.807, 2.05) is 52.9 Å². The number of hydrogen-bond donors (Lipinski definition) is 1. The van der Waals surface area contributed by atoms with Gasteiger partial charge in [-0.15, -0.1) is 0 Å². The van der Waals surface area contributed by atoms with Gasteiger partial charge in [0.1, 0.15) is 12.6 Å². The van der Waals surface area contributed by atoms with Crippen molar-refractivity contribution in [3.8, 4) is 0 Å². The standard InChI is InChI=1S/C12H14INO4/c1-17-11(15)10(7-13)14-12(16)18-8-9-5-3-2-4-6-9/h2-6,10H,7-8H2,1H3,(H,14,16)/t10-/m0/s1. The molecule has 0 aliphatic heterocycles. The first-order valence-electron chi connectivity index (χ1n) is 5.28. The molecule has 1 amide bonds. The van der Waals surface area contributed by atoms with Gasteiger partial charge in [0, 0.05) is 4.43 Å². The van der Waals surface area contributed by atoms with Crippen molar-refractivity contribution in [2.75, 3.05) is 11.5 Å². The lowest BCUT2D eigenvalue weighted by molar-refractivity contribution is -0.142. The minimum absolute atomic E-state index is 0.168. The predicted octanol–water partition coefficient (Wildman–Crippen LogP) is 1.89. The molecular formula is C12H14INO4. The van der Waals surface area contributed by atoms with Gasteiger partial charge in [-0.05, 0) is 5.56 Å². The number of nitrogens with one attached hydrogen (secondary N) is 1. The first kappa shape index (κ1) is 14.7. The Morgan fingerprint density at radius 3 is 2.56 bits per heavy atom. The Morgan fingerprint density at radius 2 is 2.00 bits per heavy atom. The van der Waals surface area contributed by atoms with Crippen molar-refractivity contribution in [3.63, 3.8) is 0 Å². The Morgan fingerprint density at radius 1 is 1.33 bits per heavy atom. The van der Waals surface area contributed by atoms with Crippen LogP contribution in [0.3, 0.4) is 0 Å². The number of rotatable bonds is 5. The normalized spacial score (nSPS) is 11.4. The molecule has 0 radical (unpaired) electrons. The summed E-state index contributed by atoms with van der Waals surface area (Å²) in [6, 6.07) is 8.62. The summed E-state index contributed by atoms with van der Waals surface area (Å²) < 4.78 is 9.97. The van der Waals surface area contributed by atoms with E-state index in [2.05, 4.69) is 10.1 Å². The van der Waals surface area contributed by atoms with Crippen LogP contribution in [0.15, 0.2) is 30.3 Å². The van der Waals surface area contributed by atoms with Gasteiger partial charge in [0.05, 0.1) is 7.11 Å². The fourth-order valence-corrected chi connectivity index (χ4v) is 1.79. The summed E-state index contributed by atoms with van der Waals surface area (Å²) in [6.45, 7) is 0.168. The maximum absolute atomic E-state index is 11.5. The molecule has 1 aromatic carbocycles. The van der Waals surface area contributed by atoms with E-state index in [1.165, 1.54) is 7.11 Å². The summed E-state index contributed by atoms with van der Waals surface area (Å²) in [5.41, 5.74) is 0.886. The van der Waals surface area contributed by atoms with Crippen molar-refractivity contribution in [2.45, 2.75) is 12.6 Å². The predicted molar refractivity (Wildman–Crippen MR) is 74.5 cm³/mol. The Hall–Kier alpha value is -1.31. The summed E-state index contributed by atoms with van der Waals surface area (Å²) in [5.74, 6) is -0.485. The largest absolute Gasteiger partial charge is 0.467 e. The smallest absolute Gasteiger partial charge is 0.408 e. The van der Waals surface area contributed by atoms with Gasteiger partial charge in [0.25, 0.3) is 0 Å². The number of ether oxygens (including phenoxy) is 2. The highest BCUT2D eigenvalue weighted by Crippen LogP contribution is 2.01. The number of carbonyl (C=O) groups excluding carboxylic acids is 2. The highest BCUT2D eigenvalue weighted by Gasteiger charge is 2.20. The number of amides is 1. The molecule has 0 saturated carbocycles. The molecule has 0 spiro atoms. The lowest BCUT2D eigenvalue weighted by Crippen LogP contribution is -2.42. The van der Waals surface area contributed by atoms with Crippen LogP contribution in [-0.4, -0.2) is 29.6 Å². The highest BCUT2D eigenvalue weighted by molar-refractivity contribution is 14.1. The molecule has 0 unspecified atom stereocenters. The molecule has 0 bridgehead atoms. The average molecular weight is 363 g/mol. The Labute approximate surface area is 119 Å². The van der Waals surface area contributed by atoms with E-state index in [4.69, 9.17) is 4.74 Å². The number of carbonyl (C=O) groups is 2. The zero-order valence-corrected chi connectivity index (χ0v) is 12.0. The monoisotopic (exact) mass is 363 g/mol. The van der Waals surface area contributed by atoms with Crippen molar-refractivity contribution in [2.24, 2.45) is 0 Å². The quantitative estimate of drug-likeness (QED) is 0.493. The molecule has 1 aromatic rings. The molecule has 0 aromatic heterocycles. The first-order chi connectivity index (χ1) is 8.67. The second-order valence-corrected chi connectivity index (χ2v) is 4.32. The van der Waals surface area contributed by atoms with E-state index in [-0.39, 0.29) is 6.61 Å². The summed E-state index contributed by atoms with van der Waals surface area (Å²) >= 11 is 1.99. The van der Waals surface area contributed by atoms with Crippen molar-refractivity contribution in [3.05, 3.63) is 35.9 Å². The third-order valence-electron chi connectivity index (χ3n) is 2.14. The topological polar surface area (TPSA) is 64.6 Å². The van der Waals surface area contributed by atoms with Gasteiger partial charge in [0.2, 0.25) is 0 Å². The molecule has 0 fully saturated rings. The maximum Gasteiger partial charge on any atom is 0.408 e. The Bertz CT molecular complexity index is 396. The number of hydrogen-bond acceptors (Lipinski definition) is 4. The zero-order valence-electron chi connectivity index (χ0n) is 9.89. The van der Waals surface area contributed by atoms with Crippen molar-refractivity contribution in [1.82, 2.24) is 5.32 Å². The molecule has 0 heterocycles. The number of halogens is 1. The average Bonchev–Trinajstić information content (AvgIpc) is 2.42. The molecule has 5 nitrogen and oxygen atoms in total. The van der Waals surface area contributed by atoms with Crippen LogP contribution in [0.25, 0.3) is 0 Å². The highest BCUT2D eigenvalue weighted by atomic mass is 127. The van der Waals surface area contributed by atoms with Crippen molar-refractivity contribution in [1.29, 1.82) is 0 Å². The molecule has 6 heteroatoms. The molecular weight excluding hydrogens is 349 g/mol. The number of alkyl carbamates (subject to hydrolysis) is 1. The number of benzene rings is 1. The van der Waals surface area contributed by atoms with Crippen molar-refractivity contribution < 1.29 is 19.1 Å². The van der Waals surface area contributed by atoms with E-state index in [9.17, 15) is 9.59 Å². The minimum Gasteiger partial charge on any atom is -0.467 e. The summed E-state index contributed by atoms with van der Waals surface area (Å²) in [5, 5.41) is 2.44. The number of alkyl halides is 1. The second-order valence-electron chi connectivity index (χ2n) is 3.44. The van der Waals surface area contributed by atoms with Gasteiger partial charge in [-0.1, -0.05) is 52.9 Å². The molecule has 0 aliphatic carbocycles. The van der Waals surface area contributed by atoms with Crippen LogP contribution in [0.2, 0.25) is 0 Å². The molecule has 98 valence electrons. The SMILES string of the molecule is COC(=O)[C@H](CI)NC(=O)OCc1ccccc1. The summed E-state index contributed by atoms with van der Waals surface area (Å²) in [4.78, 5) is 22.7. The molecule has 1 N–H and O–H groups in total. The van der Waals surface area contributed by atoms with Crippen LogP contribution in [0.4, 0.5) is 4.79 Å². The van der Waals surface area contributed by atoms with Crippen molar-refractivity contribution >= 4 is 34.7 Å². The fourth-order valence-electron chi connectivity index (χ4n) is 1.21. The molecule has 18 heavy (non-hydrogen) atoms. The summed E-state index contributed by atoms with van der Waals surface area (Å²) in [6.07, 6.45) is -0.633. The third kappa shape index (κ3) is 4.91. The zero-order chi connectivity index (χ0) is 13.4. The Kier molecular flexibility index (Phi) is 6.48. The van der Waals surface area contributed by atoms with E-state index in [1.54, 1.807) is 0 Å². The molecule has 1 rings (SSSR count). The third-order valence-corrected chi connectivity index (χ3v) is 3.03. The lowest BCUT2D eigenvalue weighted by atomic mass is 10.2. The van der Waals surface area contributed by atoms with E-state index in [0.717, 1.165) is 5.56 Å². The van der Waals surface area contributed by atoms with Gasteiger partial charge in [-0.2, -0.15) is 0 Å². The lowest BCUT2D eigenvalue weighted by Gasteiger charge is -2.13. The number of esters is 1. The van der Waals surface area contributed by atoms with Gasteiger partial charge in [0.15, 0.2) is 0 Å². The molecule has 0 saturated heterocycles. The fraction of sp³-hybridized carbons (Fsp3) is 0.333. The van der Waals surface area contributed by atoms with Gasteiger partial charge >= 0.3 is 12.1 Å². The van der Waals surface area contributed by atoms with E-state index < -0.39 is 18.1 Å². The van der Waals surface area contributed by atoms with Crippen LogP contribution in [0, 0.1) is 0 Å². The Balaban J connectivity index is 2.39. The molecule has 0 aliphatic rings. The van der Waals surface area contributed by atoms with E-state index in [0.29, 0.717) is 4.43 Å². The summed E-state index contributed by atoms with van der Waals surface area (Å²) in [7, 11) is 1.28.